The minimum absolute atomic E-state index is 0.432. The fourth-order valence-electron chi connectivity index (χ4n) is 0.967. The molecule has 0 saturated carbocycles. The molecule has 0 bridgehead atoms. The second-order valence-electron chi connectivity index (χ2n) is 2.46. The summed E-state index contributed by atoms with van der Waals surface area (Å²) >= 11 is 0. The number of ether oxygens (including phenoxy) is 1. The normalized spacial score (nSPS) is 8.38. The van der Waals surface area contributed by atoms with Crippen molar-refractivity contribution in [3.63, 3.8) is 0 Å². The lowest BCUT2D eigenvalue weighted by Gasteiger charge is -2.04. The molecular weight excluding hydrogens is 160 g/mol. The molecule has 0 aliphatic rings. The maximum atomic E-state index is 5.42. The zero-order valence-electron chi connectivity index (χ0n) is 7.71. The molecule has 1 rings (SSSR count). The number of hydrogen-bond donors (Lipinski definition) is 0. The number of rotatable bonds is 3. The van der Waals surface area contributed by atoms with Crippen molar-refractivity contribution in [2.75, 3.05) is 6.61 Å². The summed E-state index contributed by atoms with van der Waals surface area (Å²) in [5.41, 5.74) is 1.00. The van der Waals surface area contributed by atoms with Gasteiger partial charge in [-0.2, -0.15) is 0 Å². The van der Waals surface area contributed by atoms with Gasteiger partial charge in [-0.1, -0.05) is 36.8 Å². The van der Waals surface area contributed by atoms with Crippen LogP contribution >= 0.6 is 0 Å². The highest BCUT2D eigenvalue weighted by atomic mass is 16.5. The average molecular weight is 172 g/mol. The summed E-state index contributed by atoms with van der Waals surface area (Å²) in [6.07, 6.45) is 1.77. The number of hydrogen-bond acceptors (Lipinski definition) is 1. The Morgan fingerprint density at radius 2 is 2.23 bits per heavy atom. The van der Waals surface area contributed by atoms with Crippen molar-refractivity contribution in [1.29, 1.82) is 0 Å². The molecule has 1 heteroatoms. The SMILES string of the molecule is C=Cc1ccccc1OCC#CC. The van der Waals surface area contributed by atoms with Crippen LogP contribution in [-0.2, 0) is 0 Å². The molecule has 0 saturated heterocycles. The van der Waals surface area contributed by atoms with Gasteiger partial charge in [0.25, 0.3) is 0 Å². The molecular formula is C12H12O. The Morgan fingerprint density at radius 1 is 1.46 bits per heavy atom. The minimum atomic E-state index is 0.432. The van der Waals surface area contributed by atoms with Crippen molar-refractivity contribution >= 4 is 6.08 Å². The van der Waals surface area contributed by atoms with Gasteiger partial charge >= 0.3 is 0 Å². The standard InChI is InChI=1S/C12H12O/c1-3-5-10-13-12-9-7-6-8-11(12)4-2/h4,6-9H,2,10H2,1H3. The molecule has 0 amide bonds. The fourth-order valence-corrected chi connectivity index (χ4v) is 0.967. The predicted octanol–water partition coefficient (Wildman–Crippen LogP) is 2.73. The van der Waals surface area contributed by atoms with Crippen LogP contribution in [0.4, 0.5) is 0 Å². The highest BCUT2D eigenvalue weighted by Crippen LogP contribution is 2.18. The lowest BCUT2D eigenvalue weighted by Crippen LogP contribution is -1.95. The Hall–Kier alpha value is -1.68. The van der Waals surface area contributed by atoms with Crippen LogP contribution in [0.1, 0.15) is 12.5 Å². The third kappa shape index (κ3) is 2.68. The van der Waals surface area contributed by atoms with Gasteiger partial charge in [0.2, 0.25) is 0 Å². The highest BCUT2D eigenvalue weighted by Gasteiger charge is 1.96. The number of para-hydroxylation sites is 1. The van der Waals surface area contributed by atoms with Crippen molar-refractivity contribution in [3.8, 4) is 17.6 Å². The van der Waals surface area contributed by atoms with Crippen molar-refractivity contribution in [2.24, 2.45) is 0 Å². The van der Waals surface area contributed by atoms with E-state index >= 15 is 0 Å². The van der Waals surface area contributed by atoms with E-state index < -0.39 is 0 Å². The van der Waals surface area contributed by atoms with E-state index in [9.17, 15) is 0 Å². The van der Waals surface area contributed by atoms with Crippen molar-refractivity contribution in [3.05, 3.63) is 36.4 Å². The summed E-state index contributed by atoms with van der Waals surface area (Å²) < 4.78 is 5.42. The smallest absolute Gasteiger partial charge is 0.149 e. The Morgan fingerprint density at radius 3 is 2.92 bits per heavy atom. The second kappa shape index (κ2) is 5.05. The first-order chi connectivity index (χ1) is 6.38. The molecule has 0 radical (unpaired) electrons. The van der Waals surface area contributed by atoms with E-state index in [4.69, 9.17) is 4.74 Å². The van der Waals surface area contributed by atoms with Crippen molar-refractivity contribution in [2.45, 2.75) is 6.92 Å². The molecule has 1 aromatic carbocycles. The molecule has 0 unspecified atom stereocenters. The van der Waals surface area contributed by atoms with Gasteiger partial charge in [-0.3, -0.25) is 0 Å². The van der Waals surface area contributed by atoms with Gasteiger partial charge in [-0.05, 0) is 13.0 Å². The van der Waals surface area contributed by atoms with Crippen LogP contribution in [-0.4, -0.2) is 6.61 Å². The summed E-state index contributed by atoms with van der Waals surface area (Å²) in [7, 11) is 0. The van der Waals surface area contributed by atoms with Gasteiger partial charge in [-0.25, -0.2) is 0 Å². The quantitative estimate of drug-likeness (QED) is 0.637. The van der Waals surface area contributed by atoms with Crippen LogP contribution in [0.25, 0.3) is 6.08 Å². The first kappa shape index (κ1) is 9.41. The molecule has 0 N–H and O–H groups in total. The monoisotopic (exact) mass is 172 g/mol. The average Bonchev–Trinajstić information content (AvgIpc) is 2.19. The van der Waals surface area contributed by atoms with Gasteiger partial charge in [0.05, 0.1) is 0 Å². The molecule has 1 aromatic rings. The van der Waals surface area contributed by atoms with Crippen LogP contribution < -0.4 is 4.74 Å². The molecule has 1 nitrogen and oxygen atoms in total. The van der Waals surface area contributed by atoms with Gasteiger partial charge < -0.3 is 4.74 Å². The molecule has 0 aliphatic heterocycles. The number of benzene rings is 1. The van der Waals surface area contributed by atoms with E-state index in [1.165, 1.54) is 0 Å². The van der Waals surface area contributed by atoms with Crippen LogP contribution in [0.2, 0.25) is 0 Å². The van der Waals surface area contributed by atoms with Gasteiger partial charge in [0.15, 0.2) is 0 Å². The zero-order chi connectivity index (χ0) is 9.52. The third-order valence-corrected chi connectivity index (χ3v) is 1.62. The lowest BCUT2D eigenvalue weighted by atomic mass is 10.2. The summed E-state index contributed by atoms with van der Waals surface area (Å²) in [5, 5.41) is 0. The lowest BCUT2D eigenvalue weighted by molar-refractivity contribution is 0.369. The summed E-state index contributed by atoms with van der Waals surface area (Å²) in [4.78, 5) is 0. The van der Waals surface area contributed by atoms with Gasteiger partial charge in [0.1, 0.15) is 12.4 Å². The largest absolute Gasteiger partial charge is 0.480 e. The fraction of sp³-hybridized carbons (Fsp3) is 0.167. The molecule has 0 spiro atoms. The van der Waals surface area contributed by atoms with E-state index in [0.29, 0.717) is 6.61 Å². The van der Waals surface area contributed by atoms with E-state index in [1.54, 1.807) is 13.0 Å². The van der Waals surface area contributed by atoms with E-state index in [2.05, 4.69) is 18.4 Å². The first-order valence-corrected chi connectivity index (χ1v) is 4.12. The van der Waals surface area contributed by atoms with Crippen molar-refractivity contribution < 1.29 is 4.74 Å². The maximum Gasteiger partial charge on any atom is 0.149 e. The zero-order valence-corrected chi connectivity index (χ0v) is 7.71. The summed E-state index contributed by atoms with van der Waals surface area (Å²) in [5.74, 6) is 6.45. The van der Waals surface area contributed by atoms with Gasteiger partial charge in [0, 0.05) is 5.56 Å². The van der Waals surface area contributed by atoms with Crippen LogP contribution in [0.15, 0.2) is 30.8 Å². The molecule has 13 heavy (non-hydrogen) atoms. The summed E-state index contributed by atoms with van der Waals surface area (Å²) in [6, 6.07) is 7.76. The first-order valence-electron chi connectivity index (χ1n) is 4.12. The van der Waals surface area contributed by atoms with Crippen LogP contribution in [0.3, 0.4) is 0 Å². The Bertz CT molecular complexity index is 342. The molecule has 0 heterocycles. The van der Waals surface area contributed by atoms with E-state index in [1.807, 2.05) is 24.3 Å². The topological polar surface area (TPSA) is 9.23 Å². The minimum Gasteiger partial charge on any atom is -0.480 e. The Kier molecular flexibility index (Phi) is 3.66. The van der Waals surface area contributed by atoms with Crippen LogP contribution in [0.5, 0.6) is 5.75 Å². The predicted molar refractivity (Wildman–Crippen MR) is 55.5 cm³/mol. The molecule has 0 aromatic heterocycles. The van der Waals surface area contributed by atoms with Crippen LogP contribution in [0, 0.1) is 11.8 Å². The Balaban J connectivity index is 2.73. The second-order valence-corrected chi connectivity index (χ2v) is 2.46. The van der Waals surface area contributed by atoms with E-state index in [-0.39, 0.29) is 0 Å². The molecule has 0 fully saturated rings. The van der Waals surface area contributed by atoms with Crippen molar-refractivity contribution in [1.82, 2.24) is 0 Å². The molecule has 66 valence electrons. The maximum absolute atomic E-state index is 5.42. The molecule has 0 aliphatic carbocycles. The third-order valence-electron chi connectivity index (χ3n) is 1.62. The Labute approximate surface area is 79.0 Å². The highest BCUT2D eigenvalue weighted by molar-refractivity contribution is 5.55. The molecule has 0 atom stereocenters. The van der Waals surface area contributed by atoms with Gasteiger partial charge in [-0.15, -0.1) is 5.92 Å². The summed E-state index contributed by atoms with van der Waals surface area (Å²) in [6.45, 7) is 5.93. The van der Waals surface area contributed by atoms with E-state index in [0.717, 1.165) is 11.3 Å².